The Hall–Kier alpha value is -1.93. The third-order valence-electron chi connectivity index (χ3n) is 4.17. The lowest BCUT2D eigenvalue weighted by Gasteiger charge is -2.33. The third-order valence-corrected chi connectivity index (χ3v) is 5.79. The van der Waals surface area contributed by atoms with Crippen molar-refractivity contribution in [2.75, 3.05) is 19.5 Å². The molecular formula is C17H23NO6S. The summed E-state index contributed by atoms with van der Waals surface area (Å²) in [5.74, 6) is -1.56. The van der Waals surface area contributed by atoms with Crippen molar-refractivity contribution in [2.24, 2.45) is 0 Å². The zero-order chi connectivity index (χ0) is 18.7. The van der Waals surface area contributed by atoms with Crippen molar-refractivity contribution in [1.29, 1.82) is 0 Å². The molecule has 138 valence electrons. The molecule has 1 aromatic rings. The van der Waals surface area contributed by atoms with Crippen LogP contribution < -0.4 is 0 Å². The van der Waals surface area contributed by atoms with Crippen LogP contribution >= 0.6 is 0 Å². The molecule has 0 radical (unpaired) electrons. The maximum absolute atomic E-state index is 12.7. The molecule has 1 aromatic carbocycles. The van der Waals surface area contributed by atoms with Crippen LogP contribution in [0.15, 0.2) is 35.2 Å². The van der Waals surface area contributed by atoms with Gasteiger partial charge < -0.3 is 14.4 Å². The Bertz CT molecular complexity index is 729. The van der Waals surface area contributed by atoms with Gasteiger partial charge in [0.25, 0.3) is 0 Å². The number of ether oxygens (including phenoxy) is 2. The van der Waals surface area contributed by atoms with Crippen molar-refractivity contribution in [3.63, 3.8) is 0 Å². The van der Waals surface area contributed by atoms with Crippen LogP contribution in [0.5, 0.6) is 0 Å². The van der Waals surface area contributed by atoms with Gasteiger partial charge in [-0.3, -0.25) is 9.59 Å². The first-order valence-electron chi connectivity index (χ1n) is 7.98. The number of carbonyl (C=O) groups excluding carboxylic acids is 2. The van der Waals surface area contributed by atoms with Gasteiger partial charge in [-0.25, -0.2) is 8.42 Å². The standard InChI is InChI=1S/C17H23NO6S/c1-17(2)18(13(11-24-17)9-10-16(20)23-3)15(19)12-25(21,22)14-7-5-4-6-8-14/h4-8,13H,9-12H2,1-3H3. The molecule has 1 aliphatic heterocycles. The van der Waals surface area contributed by atoms with Gasteiger partial charge in [0, 0.05) is 6.42 Å². The van der Waals surface area contributed by atoms with Crippen molar-refractivity contribution in [3.8, 4) is 0 Å². The molecule has 0 spiro atoms. The highest BCUT2D eigenvalue weighted by atomic mass is 32.2. The Morgan fingerprint density at radius 3 is 2.52 bits per heavy atom. The summed E-state index contributed by atoms with van der Waals surface area (Å²) in [4.78, 5) is 25.6. The molecule has 7 nitrogen and oxygen atoms in total. The van der Waals surface area contributed by atoms with E-state index in [1.54, 1.807) is 32.0 Å². The Kier molecular flexibility index (Phi) is 5.84. The van der Waals surface area contributed by atoms with Gasteiger partial charge in [-0.2, -0.15) is 0 Å². The van der Waals surface area contributed by atoms with Crippen molar-refractivity contribution in [1.82, 2.24) is 4.90 Å². The summed E-state index contributed by atoms with van der Waals surface area (Å²) in [6.07, 6.45) is 0.489. The van der Waals surface area contributed by atoms with Crippen LogP contribution in [0.2, 0.25) is 0 Å². The van der Waals surface area contributed by atoms with Gasteiger partial charge in [-0.1, -0.05) is 18.2 Å². The number of amides is 1. The average molecular weight is 369 g/mol. The molecular weight excluding hydrogens is 346 g/mol. The minimum Gasteiger partial charge on any atom is -0.469 e. The summed E-state index contributed by atoms with van der Waals surface area (Å²) in [7, 11) is -2.45. The molecule has 1 unspecified atom stereocenters. The summed E-state index contributed by atoms with van der Waals surface area (Å²) in [6.45, 7) is 3.66. The van der Waals surface area contributed by atoms with E-state index in [2.05, 4.69) is 4.74 Å². The molecule has 8 heteroatoms. The smallest absolute Gasteiger partial charge is 0.305 e. The van der Waals surface area contributed by atoms with Gasteiger partial charge in [0.2, 0.25) is 5.91 Å². The third kappa shape index (κ3) is 4.58. The van der Waals surface area contributed by atoms with Crippen molar-refractivity contribution < 1.29 is 27.5 Å². The molecule has 1 fully saturated rings. The van der Waals surface area contributed by atoms with Crippen molar-refractivity contribution >= 4 is 21.7 Å². The largest absolute Gasteiger partial charge is 0.469 e. The van der Waals surface area contributed by atoms with Crippen LogP contribution in [0.3, 0.4) is 0 Å². The van der Waals surface area contributed by atoms with Crippen molar-refractivity contribution in [3.05, 3.63) is 30.3 Å². The number of nitrogens with zero attached hydrogens (tertiary/aromatic N) is 1. The second kappa shape index (κ2) is 7.53. The van der Waals surface area contributed by atoms with Crippen LogP contribution in [0, 0.1) is 0 Å². The lowest BCUT2D eigenvalue weighted by atomic mass is 10.1. The second-order valence-electron chi connectivity index (χ2n) is 6.36. The first kappa shape index (κ1) is 19.4. The maximum atomic E-state index is 12.7. The molecule has 0 saturated carbocycles. The zero-order valence-corrected chi connectivity index (χ0v) is 15.4. The van der Waals surface area contributed by atoms with Gasteiger partial charge in [-0.05, 0) is 32.4 Å². The van der Waals surface area contributed by atoms with Crippen LogP contribution in [0.4, 0.5) is 0 Å². The van der Waals surface area contributed by atoms with E-state index in [1.807, 2.05) is 0 Å². The molecule has 0 bridgehead atoms. The average Bonchev–Trinajstić information content (AvgIpc) is 2.87. The van der Waals surface area contributed by atoms with E-state index in [1.165, 1.54) is 24.1 Å². The number of methoxy groups -OCH3 is 1. The summed E-state index contributed by atoms with van der Waals surface area (Å²) in [5, 5.41) is 0. The molecule has 2 rings (SSSR count). The van der Waals surface area contributed by atoms with E-state index < -0.39 is 27.2 Å². The fraction of sp³-hybridized carbons (Fsp3) is 0.529. The normalized spacial score (nSPS) is 19.6. The zero-order valence-electron chi connectivity index (χ0n) is 14.6. The number of rotatable bonds is 6. The Balaban J connectivity index is 2.15. The number of hydrogen-bond donors (Lipinski definition) is 0. The highest BCUT2D eigenvalue weighted by Gasteiger charge is 2.44. The van der Waals surface area contributed by atoms with E-state index in [-0.39, 0.29) is 29.9 Å². The fourth-order valence-corrected chi connectivity index (χ4v) is 4.13. The SMILES string of the molecule is COC(=O)CCC1COC(C)(C)N1C(=O)CS(=O)(=O)c1ccccc1. The van der Waals surface area contributed by atoms with E-state index >= 15 is 0 Å². The Morgan fingerprint density at radius 1 is 1.28 bits per heavy atom. The number of benzene rings is 1. The van der Waals surface area contributed by atoms with Crippen LogP contribution in [-0.2, 0) is 28.9 Å². The van der Waals surface area contributed by atoms with E-state index in [4.69, 9.17) is 4.74 Å². The lowest BCUT2D eigenvalue weighted by molar-refractivity contribution is -0.145. The maximum Gasteiger partial charge on any atom is 0.305 e. The first-order chi connectivity index (χ1) is 11.7. The van der Waals surface area contributed by atoms with E-state index in [9.17, 15) is 18.0 Å². The van der Waals surface area contributed by atoms with E-state index in [0.29, 0.717) is 6.42 Å². The number of hydrogen-bond acceptors (Lipinski definition) is 6. The Morgan fingerprint density at radius 2 is 1.92 bits per heavy atom. The molecule has 1 amide bonds. The first-order valence-corrected chi connectivity index (χ1v) is 9.63. The summed E-state index contributed by atoms with van der Waals surface area (Å²) < 4.78 is 35.2. The monoisotopic (exact) mass is 369 g/mol. The molecule has 1 atom stereocenters. The molecule has 0 aliphatic carbocycles. The molecule has 1 aliphatic rings. The molecule has 0 aromatic heterocycles. The van der Waals surface area contributed by atoms with Gasteiger partial charge in [0.15, 0.2) is 9.84 Å². The second-order valence-corrected chi connectivity index (χ2v) is 8.35. The minimum atomic E-state index is -3.74. The molecule has 1 heterocycles. The fourth-order valence-electron chi connectivity index (χ4n) is 2.93. The van der Waals surface area contributed by atoms with Crippen LogP contribution in [-0.4, -0.2) is 56.4 Å². The predicted molar refractivity (Wildman–Crippen MR) is 90.4 cm³/mol. The summed E-state index contributed by atoms with van der Waals surface area (Å²) in [6, 6.07) is 7.49. The number of carbonyl (C=O) groups is 2. The topological polar surface area (TPSA) is 90.0 Å². The highest BCUT2D eigenvalue weighted by molar-refractivity contribution is 7.92. The predicted octanol–water partition coefficient (Wildman–Crippen LogP) is 1.38. The molecule has 0 N–H and O–H groups in total. The van der Waals surface area contributed by atoms with Gasteiger partial charge in [0.1, 0.15) is 11.5 Å². The van der Waals surface area contributed by atoms with Gasteiger partial charge in [0.05, 0.1) is 24.7 Å². The summed E-state index contributed by atoms with van der Waals surface area (Å²) in [5.41, 5.74) is -0.927. The highest BCUT2D eigenvalue weighted by Crippen LogP contribution is 2.30. The minimum absolute atomic E-state index is 0.104. The van der Waals surface area contributed by atoms with E-state index in [0.717, 1.165) is 0 Å². The lowest BCUT2D eigenvalue weighted by Crippen LogP contribution is -2.50. The van der Waals surface area contributed by atoms with Gasteiger partial charge >= 0.3 is 5.97 Å². The van der Waals surface area contributed by atoms with Crippen molar-refractivity contribution in [2.45, 2.75) is 43.4 Å². The Labute approximate surface area is 147 Å². The molecule has 1 saturated heterocycles. The van der Waals surface area contributed by atoms with Crippen LogP contribution in [0.1, 0.15) is 26.7 Å². The quantitative estimate of drug-likeness (QED) is 0.704. The van der Waals surface area contributed by atoms with Crippen LogP contribution in [0.25, 0.3) is 0 Å². The van der Waals surface area contributed by atoms with Gasteiger partial charge in [-0.15, -0.1) is 0 Å². The molecule has 25 heavy (non-hydrogen) atoms. The number of esters is 1. The summed E-state index contributed by atoms with van der Waals surface area (Å²) >= 11 is 0. The number of sulfone groups is 1.